The van der Waals surface area contributed by atoms with Crippen LogP contribution in [0.5, 0.6) is 0 Å². The molecule has 1 aromatic heterocycles. The Bertz CT molecular complexity index is 947. The fourth-order valence-electron chi connectivity index (χ4n) is 3.50. The van der Waals surface area contributed by atoms with E-state index in [2.05, 4.69) is 46.6 Å². The van der Waals surface area contributed by atoms with Crippen LogP contribution in [-0.2, 0) is 6.42 Å². The van der Waals surface area contributed by atoms with Gasteiger partial charge >= 0.3 is 6.03 Å². The maximum Gasteiger partial charge on any atom is 0.317 e. The standard InChI is InChI=1S/C23H26N4O2/c1-16-8-10-18(11-9-16)12-19-14-27(15-19)23(28)24-13-17(2)22-25-21(26-29-22)20-6-4-3-5-7-20/h3-11,17,19H,12-15H2,1-2H3,(H,24,28). The first kappa shape index (κ1) is 19.2. The smallest absolute Gasteiger partial charge is 0.317 e. The summed E-state index contributed by atoms with van der Waals surface area (Å²) in [5, 5.41) is 7.03. The van der Waals surface area contributed by atoms with E-state index in [0.29, 0.717) is 24.2 Å². The Kier molecular flexibility index (Phi) is 5.60. The molecule has 1 saturated heterocycles. The summed E-state index contributed by atoms with van der Waals surface area (Å²) < 4.78 is 5.38. The van der Waals surface area contributed by atoms with Crippen molar-refractivity contribution in [3.8, 4) is 11.4 Å². The zero-order valence-corrected chi connectivity index (χ0v) is 16.8. The molecule has 1 unspecified atom stereocenters. The highest BCUT2D eigenvalue weighted by Crippen LogP contribution is 2.22. The van der Waals surface area contributed by atoms with Gasteiger partial charge in [0.1, 0.15) is 0 Å². The van der Waals surface area contributed by atoms with E-state index in [-0.39, 0.29) is 11.9 Å². The minimum Gasteiger partial charge on any atom is -0.339 e. The predicted octanol–water partition coefficient (Wildman–Crippen LogP) is 4.03. The van der Waals surface area contributed by atoms with E-state index in [1.54, 1.807) is 0 Å². The lowest BCUT2D eigenvalue weighted by atomic mass is 9.92. The van der Waals surface area contributed by atoms with E-state index in [9.17, 15) is 4.79 Å². The summed E-state index contributed by atoms with van der Waals surface area (Å²) >= 11 is 0. The first-order valence-electron chi connectivity index (χ1n) is 10.1. The van der Waals surface area contributed by atoms with Gasteiger partial charge in [0.2, 0.25) is 11.7 Å². The van der Waals surface area contributed by atoms with E-state index >= 15 is 0 Å². The largest absolute Gasteiger partial charge is 0.339 e. The molecular weight excluding hydrogens is 364 g/mol. The Labute approximate surface area is 170 Å². The Hall–Kier alpha value is -3.15. The number of carbonyl (C=O) groups is 1. The first-order valence-corrected chi connectivity index (χ1v) is 10.1. The minimum atomic E-state index is -0.0476. The molecule has 0 aliphatic carbocycles. The van der Waals surface area contributed by atoms with E-state index in [0.717, 1.165) is 25.1 Å². The van der Waals surface area contributed by atoms with Crippen LogP contribution in [-0.4, -0.2) is 40.7 Å². The third-order valence-corrected chi connectivity index (χ3v) is 5.34. The van der Waals surface area contributed by atoms with Crippen molar-refractivity contribution in [2.24, 2.45) is 5.92 Å². The number of amides is 2. The van der Waals surface area contributed by atoms with Crippen LogP contribution < -0.4 is 5.32 Å². The second kappa shape index (κ2) is 8.47. The van der Waals surface area contributed by atoms with Gasteiger partial charge in [-0.15, -0.1) is 0 Å². The van der Waals surface area contributed by atoms with E-state index in [4.69, 9.17) is 4.52 Å². The van der Waals surface area contributed by atoms with Gasteiger partial charge in [0, 0.05) is 25.2 Å². The topological polar surface area (TPSA) is 71.3 Å². The number of rotatable bonds is 6. The number of aromatic nitrogens is 2. The molecule has 2 heterocycles. The number of nitrogens with one attached hydrogen (secondary N) is 1. The minimum absolute atomic E-state index is 0.0280. The molecule has 6 heteroatoms. The molecule has 6 nitrogen and oxygen atoms in total. The molecule has 150 valence electrons. The van der Waals surface area contributed by atoms with Crippen LogP contribution in [0.2, 0.25) is 0 Å². The molecule has 4 rings (SSSR count). The van der Waals surface area contributed by atoms with E-state index < -0.39 is 0 Å². The van der Waals surface area contributed by atoms with Crippen LogP contribution in [0.1, 0.15) is 29.9 Å². The van der Waals surface area contributed by atoms with Crippen molar-refractivity contribution in [3.05, 3.63) is 71.6 Å². The summed E-state index contributed by atoms with van der Waals surface area (Å²) in [5.41, 5.74) is 3.52. The molecule has 0 bridgehead atoms. The number of carbonyl (C=O) groups excluding carboxylic acids is 1. The summed E-state index contributed by atoms with van der Waals surface area (Å²) in [6.45, 7) is 6.13. The third-order valence-electron chi connectivity index (χ3n) is 5.34. The number of likely N-dealkylation sites (tertiary alicyclic amines) is 1. The van der Waals surface area contributed by atoms with Gasteiger partial charge in [0.05, 0.1) is 5.92 Å². The lowest BCUT2D eigenvalue weighted by molar-refractivity contribution is 0.120. The van der Waals surface area contributed by atoms with Gasteiger partial charge in [0.25, 0.3) is 0 Å². The van der Waals surface area contributed by atoms with Crippen molar-refractivity contribution in [2.75, 3.05) is 19.6 Å². The number of benzene rings is 2. The monoisotopic (exact) mass is 390 g/mol. The fraction of sp³-hybridized carbons (Fsp3) is 0.348. The third kappa shape index (κ3) is 4.65. The molecule has 1 aliphatic heterocycles. The summed E-state index contributed by atoms with van der Waals surface area (Å²) in [6.07, 6.45) is 1.02. The van der Waals surface area contributed by atoms with Crippen molar-refractivity contribution < 1.29 is 9.32 Å². The second-order valence-electron chi connectivity index (χ2n) is 7.87. The van der Waals surface area contributed by atoms with Gasteiger partial charge in [-0.3, -0.25) is 0 Å². The van der Waals surface area contributed by atoms with E-state index in [1.165, 1.54) is 11.1 Å². The Morgan fingerprint density at radius 3 is 2.62 bits per heavy atom. The maximum absolute atomic E-state index is 12.4. The molecule has 2 aromatic carbocycles. The first-order chi connectivity index (χ1) is 14.1. The highest BCUT2D eigenvalue weighted by Gasteiger charge is 2.30. The van der Waals surface area contributed by atoms with Crippen LogP contribution >= 0.6 is 0 Å². The average molecular weight is 390 g/mol. The summed E-state index contributed by atoms with van der Waals surface area (Å²) in [4.78, 5) is 18.7. The lowest BCUT2D eigenvalue weighted by Gasteiger charge is -2.39. The summed E-state index contributed by atoms with van der Waals surface area (Å²) in [6, 6.07) is 18.3. The molecule has 0 spiro atoms. The molecule has 29 heavy (non-hydrogen) atoms. The molecule has 3 aromatic rings. The normalized spacial score (nSPS) is 15.0. The summed E-state index contributed by atoms with van der Waals surface area (Å²) in [7, 11) is 0. The number of nitrogens with zero attached hydrogens (tertiary/aromatic N) is 3. The van der Waals surface area contributed by atoms with Gasteiger partial charge in [-0.2, -0.15) is 4.98 Å². The van der Waals surface area contributed by atoms with Crippen molar-refractivity contribution in [3.63, 3.8) is 0 Å². The average Bonchev–Trinajstić information content (AvgIpc) is 3.21. The van der Waals surface area contributed by atoms with Crippen molar-refractivity contribution in [1.82, 2.24) is 20.4 Å². The molecule has 1 N–H and O–H groups in total. The Morgan fingerprint density at radius 2 is 1.90 bits per heavy atom. The highest BCUT2D eigenvalue weighted by molar-refractivity contribution is 5.75. The highest BCUT2D eigenvalue weighted by atomic mass is 16.5. The quantitative estimate of drug-likeness (QED) is 0.690. The predicted molar refractivity (Wildman–Crippen MR) is 111 cm³/mol. The molecule has 0 saturated carbocycles. The van der Waals surface area contributed by atoms with Gasteiger partial charge in [0.15, 0.2) is 0 Å². The van der Waals surface area contributed by atoms with Gasteiger partial charge in [-0.1, -0.05) is 72.2 Å². The molecular formula is C23H26N4O2. The van der Waals surface area contributed by atoms with Crippen LogP contribution in [0.3, 0.4) is 0 Å². The lowest BCUT2D eigenvalue weighted by Crippen LogP contribution is -2.54. The number of hydrogen-bond donors (Lipinski definition) is 1. The second-order valence-corrected chi connectivity index (χ2v) is 7.87. The van der Waals surface area contributed by atoms with Crippen LogP contribution in [0.15, 0.2) is 59.1 Å². The number of urea groups is 1. The SMILES string of the molecule is Cc1ccc(CC2CN(C(=O)NCC(C)c3nc(-c4ccccc4)no3)C2)cc1. The maximum atomic E-state index is 12.4. The van der Waals surface area contributed by atoms with E-state index in [1.807, 2.05) is 42.2 Å². The van der Waals surface area contributed by atoms with Gasteiger partial charge in [-0.25, -0.2) is 4.79 Å². The van der Waals surface area contributed by atoms with Gasteiger partial charge in [-0.05, 0) is 24.8 Å². The van der Waals surface area contributed by atoms with Crippen molar-refractivity contribution in [1.29, 1.82) is 0 Å². The van der Waals surface area contributed by atoms with Crippen LogP contribution in [0.4, 0.5) is 4.79 Å². The Morgan fingerprint density at radius 1 is 1.17 bits per heavy atom. The van der Waals surface area contributed by atoms with Crippen LogP contribution in [0.25, 0.3) is 11.4 Å². The van der Waals surface area contributed by atoms with Gasteiger partial charge < -0.3 is 14.7 Å². The molecule has 1 atom stereocenters. The Balaban J connectivity index is 1.22. The molecule has 1 aliphatic rings. The zero-order chi connectivity index (χ0) is 20.2. The number of aryl methyl sites for hydroxylation is 1. The zero-order valence-electron chi connectivity index (χ0n) is 16.8. The fourth-order valence-corrected chi connectivity index (χ4v) is 3.50. The summed E-state index contributed by atoms with van der Waals surface area (Å²) in [5.74, 6) is 1.59. The van der Waals surface area contributed by atoms with Crippen molar-refractivity contribution in [2.45, 2.75) is 26.2 Å². The molecule has 0 radical (unpaired) electrons. The van der Waals surface area contributed by atoms with Crippen LogP contribution in [0, 0.1) is 12.8 Å². The molecule has 2 amide bonds. The van der Waals surface area contributed by atoms with Crippen molar-refractivity contribution >= 4 is 6.03 Å². The molecule has 1 fully saturated rings. The number of hydrogen-bond acceptors (Lipinski definition) is 4.